The van der Waals surface area contributed by atoms with Crippen LogP contribution in [0.4, 0.5) is 11.4 Å². The van der Waals surface area contributed by atoms with Crippen molar-refractivity contribution >= 4 is 35.0 Å². The maximum atomic E-state index is 13.2. The van der Waals surface area contributed by atoms with Gasteiger partial charge in [-0.1, -0.05) is 23.9 Å². The van der Waals surface area contributed by atoms with Crippen LogP contribution in [0, 0.1) is 13.8 Å². The fourth-order valence-electron chi connectivity index (χ4n) is 3.78. The van der Waals surface area contributed by atoms with E-state index in [9.17, 15) is 9.59 Å². The molecule has 4 rings (SSSR count). The van der Waals surface area contributed by atoms with E-state index in [-0.39, 0.29) is 29.7 Å². The summed E-state index contributed by atoms with van der Waals surface area (Å²) >= 11 is 1.44. The van der Waals surface area contributed by atoms with E-state index in [1.807, 2.05) is 38.1 Å². The van der Waals surface area contributed by atoms with Gasteiger partial charge in [-0.3, -0.25) is 14.5 Å². The number of nitrogens with zero attached hydrogens (tertiary/aromatic N) is 3. The number of nitrogens with one attached hydrogen (secondary N) is 1. The Bertz CT molecular complexity index is 936. The average molecular weight is 415 g/mol. The summed E-state index contributed by atoms with van der Waals surface area (Å²) < 4.78 is 7.96. The third-order valence-electron chi connectivity index (χ3n) is 5.50. The molecule has 2 aliphatic rings. The van der Waals surface area contributed by atoms with E-state index in [0.29, 0.717) is 5.69 Å². The van der Waals surface area contributed by atoms with Gasteiger partial charge >= 0.3 is 0 Å². The van der Waals surface area contributed by atoms with Crippen molar-refractivity contribution in [2.45, 2.75) is 56.7 Å². The van der Waals surface area contributed by atoms with Gasteiger partial charge in [0.05, 0.1) is 35.0 Å². The number of ether oxygens (including phenoxy) is 1. The highest BCUT2D eigenvalue weighted by Gasteiger charge is 2.31. The molecular weight excluding hydrogens is 388 g/mol. The van der Waals surface area contributed by atoms with Crippen molar-refractivity contribution in [2.75, 3.05) is 23.4 Å². The molecule has 0 saturated carbocycles. The highest BCUT2D eigenvalue weighted by atomic mass is 32.2. The molecule has 2 atom stereocenters. The first kappa shape index (κ1) is 20.0. The summed E-state index contributed by atoms with van der Waals surface area (Å²) in [5, 5.41) is 3.27. The number of hydrogen-bond acceptors (Lipinski definition) is 5. The number of carbonyl (C=O) groups is 2. The van der Waals surface area contributed by atoms with Gasteiger partial charge in [-0.05, 0) is 45.7 Å². The second-order valence-electron chi connectivity index (χ2n) is 7.56. The fourth-order valence-corrected chi connectivity index (χ4v) is 4.85. The van der Waals surface area contributed by atoms with Crippen molar-refractivity contribution in [3.8, 4) is 0 Å². The lowest BCUT2D eigenvalue weighted by molar-refractivity contribution is -0.121. The Morgan fingerprint density at radius 3 is 2.93 bits per heavy atom. The Balaban J connectivity index is 1.54. The van der Waals surface area contributed by atoms with E-state index in [1.165, 1.54) is 11.8 Å². The number of para-hydroxylation sites is 2. The van der Waals surface area contributed by atoms with E-state index in [2.05, 4.69) is 16.8 Å². The van der Waals surface area contributed by atoms with Gasteiger partial charge in [0.25, 0.3) is 0 Å². The zero-order valence-corrected chi connectivity index (χ0v) is 17.8. The highest BCUT2D eigenvalue weighted by Crippen LogP contribution is 2.33. The molecule has 1 fully saturated rings. The van der Waals surface area contributed by atoms with Gasteiger partial charge in [0.15, 0.2) is 5.16 Å². The molecule has 0 radical (unpaired) electrons. The number of aromatic nitrogens is 2. The molecule has 1 saturated heterocycles. The van der Waals surface area contributed by atoms with Gasteiger partial charge < -0.3 is 14.6 Å². The third-order valence-corrected chi connectivity index (χ3v) is 6.58. The summed E-state index contributed by atoms with van der Waals surface area (Å²) in [5.41, 5.74) is 3.47. The fraction of sp³-hybridized carbons (Fsp3) is 0.476. The Hall–Kier alpha value is -2.32. The zero-order chi connectivity index (χ0) is 20.5. The van der Waals surface area contributed by atoms with Crippen molar-refractivity contribution < 1.29 is 14.3 Å². The molecule has 29 heavy (non-hydrogen) atoms. The smallest absolute Gasteiger partial charge is 0.244 e. The summed E-state index contributed by atoms with van der Waals surface area (Å²) in [6.45, 7) is 7.51. The minimum atomic E-state index is -0.376. The zero-order valence-electron chi connectivity index (χ0n) is 17.0. The van der Waals surface area contributed by atoms with Gasteiger partial charge in [0, 0.05) is 12.3 Å². The van der Waals surface area contributed by atoms with E-state index in [1.54, 1.807) is 4.90 Å². The normalized spacial score (nSPS) is 19.8. The Labute approximate surface area is 174 Å². The van der Waals surface area contributed by atoms with Crippen LogP contribution in [0.2, 0.25) is 0 Å². The first-order valence-corrected chi connectivity index (χ1v) is 10.8. The summed E-state index contributed by atoms with van der Waals surface area (Å²) in [4.78, 5) is 31.6. The quantitative estimate of drug-likeness (QED) is 0.761. The van der Waals surface area contributed by atoms with E-state index in [4.69, 9.17) is 9.72 Å². The van der Waals surface area contributed by atoms with Crippen LogP contribution in [-0.2, 0) is 20.9 Å². The Kier molecular flexibility index (Phi) is 5.65. The number of aryl methyl sites for hydroxylation is 1. The molecule has 2 aliphatic heterocycles. The van der Waals surface area contributed by atoms with Crippen LogP contribution < -0.4 is 10.2 Å². The number of imidazole rings is 1. The lowest BCUT2D eigenvalue weighted by atomic mass is 10.2. The molecule has 0 aliphatic carbocycles. The predicted molar refractivity (Wildman–Crippen MR) is 113 cm³/mol. The minimum absolute atomic E-state index is 0.0309. The summed E-state index contributed by atoms with van der Waals surface area (Å²) in [6.07, 6.45) is 2.34. The molecule has 1 N–H and O–H groups in total. The number of rotatable bonds is 5. The summed E-state index contributed by atoms with van der Waals surface area (Å²) in [5.74, 6) is -0.278. The minimum Gasteiger partial charge on any atom is -0.376 e. The first-order valence-electron chi connectivity index (χ1n) is 9.96. The van der Waals surface area contributed by atoms with E-state index in [0.717, 1.165) is 48.2 Å². The van der Waals surface area contributed by atoms with Gasteiger partial charge in [-0.2, -0.15) is 0 Å². The molecule has 0 bridgehead atoms. The molecule has 8 heteroatoms. The number of anilines is 2. The maximum Gasteiger partial charge on any atom is 0.244 e. The number of fused-ring (bicyclic) bond motifs is 1. The van der Waals surface area contributed by atoms with Gasteiger partial charge in [-0.15, -0.1) is 0 Å². The van der Waals surface area contributed by atoms with Crippen molar-refractivity contribution in [1.82, 2.24) is 9.55 Å². The van der Waals surface area contributed by atoms with Crippen LogP contribution in [-0.4, -0.2) is 45.9 Å². The number of carbonyl (C=O) groups excluding carboxylic acids is 2. The number of thioether (sulfide) groups is 1. The van der Waals surface area contributed by atoms with Gasteiger partial charge in [0.1, 0.15) is 6.54 Å². The lowest BCUT2D eigenvalue weighted by Crippen LogP contribution is -2.45. The molecule has 1 aromatic heterocycles. The van der Waals surface area contributed by atoms with Crippen molar-refractivity contribution in [1.29, 1.82) is 0 Å². The second-order valence-corrected chi connectivity index (χ2v) is 8.87. The SMILES string of the molecule is Cc1nc(S[C@@H](C)C(=O)N2CC(=O)Nc3ccccc32)n(C[C@@H]2CCCO2)c1C. The van der Waals surface area contributed by atoms with Crippen LogP contribution >= 0.6 is 11.8 Å². The monoisotopic (exact) mass is 414 g/mol. The molecule has 0 spiro atoms. The predicted octanol–water partition coefficient (Wildman–Crippen LogP) is 3.14. The average Bonchev–Trinajstić information content (AvgIpc) is 3.31. The maximum absolute atomic E-state index is 13.2. The third kappa shape index (κ3) is 4.04. The Morgan fingerprint density at radius 2 is 2.17 bits per heavy atom. The molecule has 7 nitrogen and oxygen atoms in total. The van der Waals surface area contributed by atoms with Crippen LogP contribution in [0.25, 0.3) is 0 Å². The van der Waals surface area contributed by atoms with Gasteiger partial charge in [0.2, 0.25) is 11.8 Å². The highest BCUT2D eigenvalue weighted by molar-refractivity contribution is 8.00. The van der Waals surface area contributed by atoms with Crippen molar-refractivity contribution in [3.63, 3.8) is 0 Å². The number of amides is 2. The summed E-state index contributed by atoms with van der Waals surface area (Å²) in [6, 6.07) is 7.39. The van der Waals surface area contributed by atoms with Crippen molar-refractivity contribution in [2.24, 2.45) is 0 Å². The molecule has 1 aromatic carbocycles. The molecular formula is C21H26N4O3S. The van der Waals surface area contributed by atoms with E-state index >= 15 is 0 Å². The second kappa shape index (κ2) is 8.20. The largest absolute Gasteiger partial charge is 0.376 e. The van der Waals surface area contributed by atoms with Crippen molar-refractivity contribution in [3.05, 3.63) is 35.7 Å². The number of benzene rings is 1. The molecule has 3 heterocycles. The molecule has 2 aromatic rings. The topological polar surface area (TPSA) is 76.5 Å². The molecule has 2 amide bonds. The lowest BCUT2D eigenvalue weighted by Gasteiger charge is -2.30. The van der Waals surface area contributed by atoms with Crippen LogP contribution in [0.15, 0.2) is 29.4 Å². The molecule has 154 valence electrons. The standard InChI is InChI=1S/C21H26N4O3S/c1-13-14(2)24(11-16-7-6-10-28-16)21(22-13)29-15(3)20(27)25-12-19(26)23-17-8-4-5-9-18(17)25/h4-5,8-9,15-16H,6-7,10-12H2,1-3H3,(H,23,26)/t15-,16-/m0/s1. The van der Waals surface area contributed by atoms with Crippen LogP contribution in [0.5, 0.6) is 0 Å². The van der Waals surface area contributed by atoms with Crippen LogP contribution in [0.1, 0.15) is 31.2 Å². The van der Waals surface area contributed by atoms with E-state index < -0.39 is 0 Å². The number of hydrogen-bond donors (Lipinski definition) is 1. The first-order chi connectivity index (χ1) is 13.9. The van der Waals surface area contributed by atoms with Crippen LogP contribution in [0.3, 0.4) is 0 Å². The Morgan fingerprint density at radius 1 is 1.38 bits per heavy atom. The summed E-state index contributed by atoms with van der Waals surface area (Å²) in [7, 11) is 0. The molecule has 0 unspecified atom stereocenters. The van der Waals surface area contributed by atoms with Gasteiger partial charge in [-0.25, -0.2) is 4.98 Å².